The third-order valence-electron chi connectivity index (χ3n) is 6.88. The summed E-state index contributed by atoms with van der Waals surface area (Å²) < 4.78 is 0. The van der Waals surface area contributed by atoms with Gasteiger partial charge in [-0.2, -0.15) is 12.6 Å². The molecular formula is C26H39N5O5S. The third-order valence-corrected chi connectivity index (χ3v) is 7.25. The predicted octanol–water partition coefficient (Wildman–Crippen LogP) is 1.60. The van der Waals surface area contributed by atoms with Crippen molar-refractivity contribution in [3.05, 3.63) is 36.0 Å². The molecular weight excluding hydrogens is 494 g/mol. The van der Waals surface area contributed by atoms with Crippen molar-refractivity contribution in [2.75, 3.05) is 5.75 Å². The number of H-pyrrole nitrogens is 1. The van der Waals surface area contributed by atoms with E-state index in [-0.39, 0.29) is 24.0 Å². The van der Waals surface area contributed by atoms with Gasteiger partial charge in [0.25, 0.3) is 0 Å². The highest BCUT2D eigenvalue weighted by Gasteiger charge is 2.33. The minimum absolute atomic E-state index is 0.0739. The van der Waals surface area contributed by atoms with Crippen LogP contribution in [-0.2, 0) is 25.6 Å². The van der Waals surface area contributed by atoms with Gasteiger partial charge < -0.3 is 31.8 Å². The zero-order chi connectivity index (χ0) is 27.7. The SMILES string of the molecule is CCC(C)C(N)C(=O)NC(C(=O)NC(Cc1c[nH]c2ccccc12)C(=O)NC(CS)C(=O)O)C(C)CC. The Morgan fingerprint density at radius 1 is 0.946 bits per heavy atom. The lowest BCUT2D eigenvalue weighted by Crippen LogP contribution is -2.59. The lowest BCUT2D eigenvalue weighted by molar-refractivity contribution is -0.141. The fraction of sp³-hybridized carbons (Fsp3) is 0.538. The topological polar surface area (TPSA) is 166 Å². The van der Waals surface area contributed by atoms with Gasteiger partial charge in [0.05, 0.1) is 6.04 Å². The summed E-state index contributed by atoms with van der Waals surface area (Å²) in [4.78, 5) is 54.1. The first kappa shape index (κ1) is 30.2. The van der Waals surface area contributed by atoms with Crippen molar-refractivity contribution in [3.8, 4) is 0 Å². The molecule has 0 saturated heterocycles. The minimum Gasteiger partial charge on any atom is -0.480 e. The number of thiol groups is 1. The monoisotopic (exact) mass is 533 g/mol. The van der Waals surface area contributed by atoms with Crippen LogP contribution in [0, 0.1) is 11.8 Å². The number of para-hydroxylation sites is 1. The largest absolute Gasteiger partial charge is 0.480 e. The van der Waals surface area contributed by atoms with Gasteiger partial charge in [-0.05, 0) is 23.5 Å². The van der Waals surface area contributed by atoms with E-state index in [1.807, 2.05) is 52.0 Å². The second-order valence-corrected chi connectivity index (χ2v) is 9.86. The first-order chi connectivity index (χ1) is 17.5. The number of benzene rings is 1. The van der Waals surface area contributed by atoms with Gasteiger partial charge in [-0.3, -0.25) is 14.4 Å². The van der Waals surface area contributed by atoms with Crippen molar-refractivity contribution in [1.82, 2.24) is 20.9 Å². The Hall–Kier alpha value is -3.05. The molecule has 1 aromatic carbocycles. The number of hydrogen-bond acceptors (Lipinski definition) is 6. The highest BCUT2D eigenvalue weighted by molar-refractivity contribution is 7.80. The minimum atomic E-state index is -1.23. The van der Waals surface area contributed by atoms with Crippen LogP contribution in [0.2, 0.25) is 0 Å². The number of carbonyl (C=O) groups is 4. The number of nitrogens with two attached hydrogens (primary N) is 1. The van der Waals surface area contributed by atoms with Gasteiger partial charge >= 0.3 is 5.97 Å². The molecule has 2 rings (SSSR count). The van der Waals surface area contributed by atoms with E-state index < -0.39 is 47.9 Å². The average Bonchev–Trinajstić information content (AvgIpc) is 3.30. The molecule has 37 heavy (non-hydrogen) atoms. The lowest BCUT2D eigenvalue weighted by atomic mass is 9.95. The van der Waals surface area contributed by atoms with E-state index in [4.69, 9.17) is 5.73 Å². The van der Waals surface area contributed by atoms with Gasteiger partial charge in [0.2, 0.25) is 17.7 Å². The van der Waals surface area contributed by atoms with Gasteiger partial charge in [-0.1, -0.05) is 58.7 Å². The van der Waals surface area contributed by atoms with E-state index in [1.165, 1.54) is 0 Å². The van der Waals surface area contributed by atoms with E-state index in [2.05, 4.69) is 33.6 Å². The summed E-state index contributed by atoms with van der Waals surface area (Å²) in [7, 11) is 0. The molecule has 3 amide bonds. The van der Waals surface area contributed by atoms with E-state index in [9.17, 15) is 24.3 Å². The Kier molecular flexibility index (Phi) is 11.4. The third kappa shape index (κ3) is 7.96. The maximum atomic E-state index is 13.5. The summed E-state index contributed by atoms with van der Waals surface area (Å²) in [5, 5.41) is 18.2. The quantitative estimate of drug-likeness (QED) is 0.182. The lowest BCUT2D eigenvalue weighted by Gasteiger charge is -2.28. The van der Waals surface area contributed by atoms with Crippen LogP contribution in [0.4, 0.5) is 0 Å². The number of aliphatic carboxylic acids is 1. The van der Waals surface area contributed by atoms with Crippen LogP contribution in [0.5, 0.6) is 0 Å². The molecule has 1 heterocycles. The number of carbonyl (C=O) groups excluding carboxylic acids is 3. The molecule has 0 saturated carbocycles. The fourth-order valence-electron chi connectivity index (χ4n) is 3.91. The van der Waals surface area contributed by atoms with Crippen LogP contribution in [-0.4, -0.2) is 63.7 Å². The van der Waals surface area contributed by atoms with Gasteiger partial charge in [-0.15, -0.1) is 0 Å². The second-order valence-electron chi connectivity index (χ2n) is 9.49. The molecule has 204 valence electrons. The van der Waals surface area contributed by atoms with Crippen LogP contribution in [0.25, 0.3) is 10.9 Å². The van der Waals surface area contributed by atoms with Crippen molar-refractivity contribution < 1.29 is 24.3 Å². The maximum absolute atomic E-state index is 13.5. The molecule has 0 spiro atoms. The van der Waals surface area contributed by atoms with Crippen molar-refractivity contribution >= 4 is 47.2 Å². The number of amides is 3. The molecule has 0 aliphatic carbocycles. The van der Waals surface area contributed by atoms with Crippen LogP contribution in [0.15, 0.2) is 30.5 Å². The molecule has 0 aliphatic heterocycles. The predicted molar refractivity (Wildman–Crippen MR) is 146 cm³/mol. The zero-order valence-corrected chi connectivity index (χ0v) is 22.7. The number of aromatic amines is 1. The summed E-state index contributed by atoms with van der Waals surface area (Å²) in [6.45, 7) is 7.52. The van der Waals surface area contributed by atoms with Crippen molar-refractivity contribution in [1.29, 1.82) is 0 Å². The second kappa shape index (κ2) is 14.0. The number of aromatic nitrogens is 1. The van der Waals surface area contributed by atoms with Gasteiger partial charge in [0.1, 0.15) is 18.1 Å². The Labute approximate surface area is 222 Å². The Balaban J connectivity index is 2.32. The highest BCUT2D eigenvalue weighted by atomic mass is 32.1. The molecule has 6 unspecified atom stereocenters. The number of carboxylic acids is 1. The summed E-state index contributed by atoms with van der Waals surface area (Å²) in [5.41, 5.74) is 7.72. The Morgan fingerprint density at radius 2 is 1.57 bits per heavy atom. The van der Waals surface area contributed by atoms with E-state index >= 15 is 0 Å². The van der Waals surface area contributed by atoms with Crippen LogP contribution < -0.4 is 21.7 Å². The molecule has 1 aromatic heterocycles. The van der Waals surface area contributed by atoms with Gasteiger partial charge in [-0.25, -0.2) is 4.79 Å². The fourth-order valence-corrected chi connectivity index (χ4v) is 4.16. The zero-order valence-electron chi connectivity index (χ0n) is 21.8. The molecule has 6 atom stereocenters. The van der Waals surface area contributed by atoms with E-state index in [1.54, 1.807) is 6.20 Å². The number of rotatable bonds is 14. The van der Waals surface area contributed by atoms with Crippen LogP contribution >= 0.6 is 12.6 Å². The van der Waals surface area contributed by atoms with Crippen molar-refractivity contribution in [2.45, 2.75) is 71.1 Å². The first-order valence-corrected chi connectivity index (χ1v) is 13.2. The summed E-state index contributed by atoms with van der Waals surface area (Å²) in [5.74, 6) is -3.31. The van der Waals surface area contributed by atoms with Crippen molar-refractivity contribution in [2.24, 2.45) is 17.6 Å². The molecule has 0 aliphatic rings. The first-order valence-electron chi connectivity index (χ1n) is 12.6. The standard InChI is InChI=1S/C26H39N5O5S/c1-5-14(3)21(27)24(33)31-22(15(4)6-2)25(34)29-19(23(32)30-20(13-37)26(35)36)11-16-12-28-18-10-8-7-9-17(16)18/h7-10,12,14-15,19-22,28,37H,5-6,11,13,27H2,1-4H3,(H,29,34)(H,30,32)(H,31,33)(H,35,36). The van der Waals surface area contributed by atoms with E-state index in [0.717, 1.165) is 16.5 Å². The summed E-state index contributed by atoms with van der Waals surface area (Å²) in [6.07, 6.45) is 3.16. The highest BCUT2D eigenvalue weighted by Crippen LogP contribution is 2.20. The number of hydrogen-bond donors (Lipinski definition) is 7. The molecule has 10 nitrogen and oxygen atoms in total. The molecule has 11 heteroatoms. The number of fused-ring (bicyclic) bond motifs is 1. The summed E-state index contributed by atoms with van der Waals surface area (Å²) >= 11 is 4.01. The van der Waals surface area contributed by atoms with Crippen LogP contribution in [0.1, 0.15) is 46.1 Å². The van der Waals surface area contributed by atoms with Crippen molar-refractivity contribution in [3.63, 3.8) is 0 Å². The summed E-state index contributed by atoms with van der Waals surface area (Å²) in [6, 6.07) is 3.50. The van der Waals surface area contributed by atoms with Gasteiger partial charge in [0.15, 0.2) is 0 Å². The normalized spacial score (nSPS) is 16.2. The Morgan fingerprint density at radius 3 is 2.16 bits per heavy atom. The van der Waals surface area contributed by atoms with E-state index in [0.29, 0.717) is 12.8 Å². The Bertz CT molecular complexity index is 1090. The number of carboxylic acid groups (broad SMARTS) is 1. The molecule has 0 fully saturated rings. The van der Waals surface area contributed by atoms with Gasteiger partial charge in [0, 0.05) is 29.3 Å². The molecule has 0 radical (unpaired) electrons. The molecule has 7 N–H and O–H groups in total. The van der Waals surface area contributed by atoms with Crippen LogP contribution in [0.3, 0.4) is 0 Å². The molecule has 0 bridgehead atoms. The average molecular weight is 534 g/mol. The number of nitrogens with one attached hydrogen (secondary N) is 4. The smallest absolute Gasteiger partial charge is 0.327 e. The maximum Gasteiger partial charge on any atom is 0.327 e. The molecule has 2 aromatic rings.